The highest BCUT2D eigenvalue weighted by Crippen LogP contribution is 2.51. The van der Waals surface area contributed by atoms with E-state index in [2.05, 4.69) is 21.3 Å². The predicted octanol–water partition coefficient (Wildman–Crippen LogP) is 7.93. The normalized spacial score (nSPS) is 18.6. The summed E-state index contributed by atoms with van der Waals surface area (Å²) in [5, 5.41) is 13.5. The molecule has 2 saturated heterocycles. The van der Waals surface area contributed by atoms with Crippen LogP contribution in [0, 0.1) is 17.1 Å². The van der Waals surface area contributed by atoms with E-state index in [1.54, 1.807) is 25.7 Å². The summed E-state index contributed by atoms with van der Waals surface area (Å²) in [4.78, 5) is 39.0. The molecule has 2 fully saturated rings. The van der Waals surface area contributed by atoms with Crippen LogP contribution in [-0.2, 0) is 37.3 Å². The molecule has 0 radical (unpaired) electrons. The van der Waals surface area contributed by atoms with Crippen molar-refractivity contribution in [3.63, 3.8) is 0 Å². The minimum absolute atomic E-state index is 0.0104. The van der Waals surface area contributed by atoms with Gasteiger partial charge in [-0.1, -0.05) is 24.6 Å². The Kier molecular flexibility index (Phi) is 9.48. The number of aromatic nitrogens is 2. The Morgan fingerprint density at radius 2 is 1.70 bits per heavy atom. The van der Waals surface area contributed by atoms with E-state index in [4.69, 9.17) is 30.8 Å². The van der Waals surface area contributed by atoms with E-state index in [0.717, 1.165) is 24.2 Å². The number of carbonyl (C=O) groups excluding carboxylic acids is 2. The molecule has 0 saturated carbocycles. The van der Waals surface area contributed by atoms with E-state index in [9.17, 15) is 23.3 Å². The highest BCUT2D eigenvalue weighted by Gasteiger charge is 2.45. The van der Waals surface area contributed by atoms with Crippen molar-refractivity contribution in [1.82, 2.24) is 14.9 Å². The number of likely N-dealkylation sites (tertiary alicyclic amines) is 1. The quantitative estimate of drug-likeness (QED) is 0.195. The number of anilines is 2. The lowest BCUT2D eigenvalue weighted by Crippen LogP contribution is -2.56. The van der Waals surface area contributed by atoms with Crippen molar-refractivity contribution >= 4 is 76.8 Å². The second-order valence-corrected chi connectivity index (χ2v) is 19.2. The molecular formula is C37H40ClFN6O7S2. The fourth-order valence-corrected chi connectivity index (χ4v) is 9.56. The number of nitrogens with zero attached hydrogens (tertiary/aromatic N) is 5. The number of sulfone groups is 1. The molecule has 0 aliphatic carbocycles. The van der Waals surface area contributed by atoms with E-state index in [-0.39, 0.29) is 62.2 Å². The van der Waals surface area contributed by atoms with E-state index >= 15 is 4.39 Å². The Hall–Kier alpha value is -4.30. The summed E-state index contributed by atoms with van der Waals surface area (Å²) in [5.74, 6) is -0.485. The summed E-state index contributed by atoms with van der Waals surface area (Å²) in [5.41, 5.74) is 0.825. The van der Waals surface area contributed by atoms with Crippen LogP contribution in [0.1, 0.15) is 78.0 Å². The van der Waals surface area contributed by atoms with E-state index in [1.807, 2.05) is 20.8 Å². The van der Waals surface area contributed by atoms with Gasteiger partial charge >= 0.3 is 12.2 Å². The van der Waals surface area contributed by atoms with Crippen LogP contribution in [0.3, 0.4) is 0 Å². The monoisotopic (exact) mass is 798 g/mol. The molecule has 13 nitrogen and oxygen atoms in total. The maximum absolute atomic E-state index is 15.5. The van der Waals surface area contributed by atoms with Crippen LogP contribution in [-0.4, -0.2) is 77.6 Å². The maximum Gasteiger partial charge on any atom is 0.412 e. The van der Waals surface area contributed by atoms with Crippen LogP contribution >= 0.6 is 22.9 Å². The fraction of sp³-hybridized carbons (Fsp3) is 0.486. The number of fused-ring (bicyclic) bond motifs is 6. The van der Waals surface area contributed by atoms with Gasteiger partial charge in [0.25, 0.3) is 0 Å². The Balaban J connectivity index is 1.44. The zero-order valence-electron chi connectivity index (χ0n) is 30.9. The number of hydrogen-bond donors (Lipinski definition) is 1. The minimum Gasteiger partial charge on any atom is -0.444 e. The van der Waals surface area contributed by atoms with Crippen molar-refractivity contribution in [2.24, 2.45) is 0 Å². The SMILES string of the molecule is CCS(=O)(=O)c1nc(N2C3CCC2CN(C(=O)OC(C)(C)C)C3)c2c3c(c(-c4ccc(F)c5sc(NC(=O)OC(C)(C)C)c(C#N)c45)c(Cl)c2n1)COC3. The average Bonchev–Trinajstić information content (AvgIpc) is 3.77. The number of nitrogens with one attached hydrogen (secondary N) is 1. The third kappa shape index (κ3) is 6.69. The molecule has 1 N–H and O–H groups in total. The van der Waals surface area contributed by atoms with Crippen LogP contribution in [0.15, 0.2) is 17.3 Å². The molecule has 4 aromatic rings. The van der Waals surface area contributed by atoms with E-state index < -0.39 is 44.2 Å². The number of ether oxygens (including phenoxy) is 3. The van der Waals surface area contributed by atoms with Crippen molar-refractivity contribution < 1.29 is 36.6 Å². The molecule has 0 spiro atoms. The second-order valence-electron chi connectivity index (χ2n) is 15.6. The molecule has 54 heavy (non-hydrogen) atoms. The Morgan fingerprint density at radius 1 is 1.06 bits per heavy atom. The van der Waals surface area contributed by atoms with Gasteiger partial charge in [-0.2, -0.15) is 5.26 Å². The van der Waals surface area contributed by atoms with Crippen LogP contribution in [0.5, 0.6) is 0 Å². The van der Waals surface area contributed by atoms with Crippen LogP contribution < -0.4 is 10.2 Å². The van der Waals surface area contributed by atoms with Gasteiger partial charge in [-0.3, -0.25) is 5.32 Å². The molecule has 2 atom stereocenters. The van der Waals surface area contributed by atoms with Crippen molar-refractivity contribution in [1.29, 1.82) is 5.26 Å². The van der Waals surface area contributed by atoms with E-state index in [1.165, 1.54) is 19.1 Å². The van der Waals surface area contributed by atoms with Gasteiger partial charge in [-0.25, -0.2) is 32.4 Å². The lowest BCUT2D eigenvalue weighted by molar-refractivity contribution is 0.0209. The van der Waals surface area contributed by atoms with Crippen molar-refractivity contribution in [2.75, 3.05) is 29.1 Å². The average molecular weight is 799 g/mol. The molecular weight excluding hydrogens is 759 g/mol. The number of nitriles is 1. The molecule has 3 aliphatic rings. The summed E-state index contributed by atoms with van der Waals surface area (Å²) in [6.07, 6.45) is 0.249. The lowest BCUT2D eigenvalue weighted by Gasteiger charge is -2.42. The third-order valence-corrected chi connectivity index (χ3v) is 12.6. The maximum atomic E-state index is 15.5. The largest absolute Gasteiger partial charge is 0.444 e. The Morgan fingerprint density at radius 3 is 2.31 bits per heavy atom. The summed E-state index contributed by atoms with van der Waals surface area (Å²) in [7, 11) is -3.96. The number of thiophene rings is 1. The Labute approximate surface area is 321 Å². The summed E-state index contributed by atoms with van der Waals surface area (Å²) in [6.45, 7) is 13.0. The van der Waals surface area contributed by atoms with E-state index in [0.29, 0.717) is 46.5 Å². The van der Waals surface area contributed by atoms with Gasteiger partial charge < -0.3 is 24.0 Å². The molecule has 3 aliphatic heterocycles. The van der Waals surface area contributed by atoms with Crippen LogP contribution in [0.2, 0.25) is 5.02 Å². The molecule has 7 rings (SSSR count). The molecule has 5 heterocycles. The molecule has 2 unspecified atom stereocenters. The van der Waals surface area contributed by atoms with Gasteiger partial charge in [0.15, 0.2) is 0 Å². The predicted molar refractivity (Wildman–Crippen MR) is 203 cm³/mol. The molecule has 2 aromatic carbocycles. The van der Waals surface area contributed by atoms with Gasteiger partial charge in [0.1, 0.15) is 33.9 Å². The standard InChI is InChI=1S/C37H40ClFN6O7S2/c1-8-54(48,49)33-41-29-27(31(42-33)45-18-9-10-19(45)15-44(14-18)35(47)52-37(5,6)7)23-17-50-16-22(23)25(28(29)38)20-11-12-24(39)30-26(20)21(13-40)32(53-30)43-34(46)51-36(2,3)4/h11-12,18-19H,8-10,14-17H2,1-7H3,(H,43,46). The molecule has 17 heteroatoms. The van der Waals surface area contributed by atoms with Gasteiger partial charge in [-0.15, -0.1) is 11.3 Å². The summed E-state index contributed by atoms with van der Waals surface area (Å²) < 4.78 is 59.8. The molecule has 2 amide bonds. The third-order valence-electron chi connectivity index (χ3n) is 9.58. The van der Waals surface area contributed by atoms with Gasteiger partial charge in [-0.05, 0) is 77.1 Å². The highest BCUT2D eigenvalue weighted by atomic mass is 35.5. The molecule has 286 valence electrons. The number of benzene rings is 2. The van der Waals surface area contributed by atoms with Crippen molar-refractivity contribution in [3.05, 3.63) is 39.7 Å². The lowest BCUT2D eigenvalue weighted by atomic mass is 9.90. The van der Waals surface area contributed by atoms with Gasteiger partial charge in [0, 0.05) is 36.1 Å². The number of hydrogen-bond acceptors (Lipinski definition) is 12. The van der Waals surface area contributed by atoms with Crippen molar-refractivity contribution in [2.45, 2.75) is 103 Å². The first-order valence-electron chi connectivity index (χ1n) is 17.6. The van der Waals surface area contributed by atoms with Crippen LogP contribution in [0.4, 0.5) is 24.8 Å². The minimum atomic E-state index is -3.96. The first-order valence-corrected chi connectivity index (χ1v) is 20.4. The number of carbonyl (C=O) groups is 2. The highest BCUT2D eigenvalue weighted by molar-refractivity contribution is 7.91. The number of piperazine rings is 1. The fourth-order valence-electron chi connectivity index (χ4n) is 7.42. The summed E-state index contributed by atoms with van der Waals surface area (Å²) in [6, 6.07) is 4.51. The van der Waals surface area contributed by atoms with Gasteiger partial charge in [0.2, 0.25) is 15.0 Å². The molecule has 2 bridgehead atoms. The van der Waals surface area contributed by atoms with Crippen molar-refractivity contribution in [3.8, 4) is 17.2 Å². The zero-order chi connectivity index (χ0) is 39.1. The first-order chi connectivity index (χ1) is 25.3. The smallest absolute Gasteiger partial charge is 0.412 e. The topological polar surface area (TPSA) is 164 Å². The zero-order valence-corrected chi connectivity index (χ0v) is 33.3. The Bertz CT molecular complexity index is 2390. The number of halogens is 2. The second kappa shape index (κ2) is 13.5. The number of amides is 2. The first kappa shape index (κ1) is 38.0. The molecule has 2 aromatic heterocycles. The van der Waals surface area contributed by atoms with Crippen LogP contribution in [0.25, 0.3) is 32.1 Å². The van der Waals surface area contributed by atoms with Gasteiger partial charge in [0.05, 0.1) is 45.2 Å². The number of rotatable bonds is 5. The summed E-state index contributed by atoms with van der Waals surface area (Å²) >= 11 is 8.25.